The van der Waals surface area contributed by atoms with Gasteiger partial charge in [0.2, 0.25) is 5.91 Å². The molecule has 0 saturated carbocycles. The number of aromatic nitrogens is 2. The highest BCUT2D eigenvalue weighted by Crippen LogP contribution is 2.23. The Morgan fingerprint density at radius 3 is 2.76 bits per heavy atom. The second kappa shape index (κ2) is 9.47. The van der Waals surface area contributed by atoms with Crippen LogP contribution in [-0.2, 0) is 11.3 Å². The lowest BCUT2D eigenvalue weighted by molar-refractivity contribution is -0.116. The Morgan fingerprint density at radius 2 is 2.07 bits per heavy atom. The summed E-state index contributed by atoms with van der Waals surface area (Å²) in [4.78, 5) is 34.1. The van der Waals surface area contributed by atoms with Crippen LogP contribution in [0.2, 0.25) is 0 Å². The van der Waals surface area contributed by atoms with Crippen LogP contribution >= 0.6 is 0 Å². The molecule has 0 unspecified atom stereocenters. The lowest BCUT2D eigenvalue weighted by atomic mass is 10.1. The summed E-state index contributed by atoms with van der Waals surface area (Å²) in [6.07, 6.45) is 3.11. The third-order valence-corrected chi connectivity index (χ3v) is 4.69. The Morgan fingerprint density at radius 1 is 1.28 bits per heavy atom. The monoisotopic (exact) mass is 397 g/mol. The van der Waals surface area contributed by atoms with Crippen LogP contribution in [0.5, 0.6) is 5.75 Å². The molecule has 8 nitrogen and oxygen atoms in total. The Kier molecular flexibility index (Phi) is 6.77. The molecule has 1 saturated heterocycles. The van der Waals surface area contributed by atoms with Crippen LogP contribution in [0.4, 0.5) is 5.82 Å². The number of ether oxygens (including phenoxy) is 1. The smallest absolute Gasteiger partial charge is 0.269 e. The number of nitrogens with zero attached hydrogens (tertiary/aromatic N) is 3. The van der Waals surface area contributed by atoms with E-state index in [0.717, 1.165) is 31.6 Å². The highest BCUT2D eigenvalue weighted by Gasteiger charge is 2.29. The van der Waals surface area contributed by atoms with Crippen molar-refractivity contribution in [2.45, 2.75) is 39.3 Å². The zero-order chi connectivity index (χ0) is 20.8. The van der Waals surface area contributed by atoms with E-state index in [1.165, 1.54) is 0 Å². The lowest BCUT2D eigenvalue weighted by Gasteiger charge is -2.39. The average Bonchev–Trinajstić information content (AvgIpc) is 2.67. The first-order valence-electron chi connectivity index (χ1n) is 9.82. The zero-order valence-corrected chi connectivity index (χ0v) is 17.1. The maximum Gasteiger partial charge on any atom is 0.269 e. The fraction of sp³-hybridized carbons (Fsp3) is 0.429. The number of aryl methyl sites for hydroxylation is 1. The van der Waals surface area contributed by atoms with Gasteiger partial charge in [0.25, 0.3) is 5.91 Å². The van der Waals surface area contributed by atoms with E-state index in [1.807, 2.05) is 26.0 Å². The number of nitrogens with one attached hydrogen (secondary N) is 2. The predicted molar refractivity (Wildman–Crippen MR) is 110 cm³/mol. The third kappa shape index (κ3) is 5.51. The van der Waals surface area contributed by atoms with Crippen LogP contribution in [0.15, 0.2) is 30.5 Å². The molecule has 1 fully saturated rings. The number of amides is 2. The quantitative estimate of drug-likeness (QED) is 0.709. The number of likely N-dealkylation sites (tertiary alicyclic amines) is 1. The summed E-state index contributed by atoms with van der Waals surface area (Å²) in [5.74, 6) is 1.07. The fourth-order valence-corrected chi connectivity index (χ4v) is 3.16. The number of anilines is 1. The summed E-state index contributed by atoms with van der Waals surface area (Å²) in [6, 6.07) is 7.33. The van der Waals surface area contributed by atoms with Gasteiger partial charge >= 0.3 is 0 Å². The molecule has 0 aliphatic carbocycles. The van der Waals surface area contributed by atoms with Crippen molar-refractivity contribution >= 4 is 17.6 Å². The molecule has 0 atom stereocenters. The van der Waals surface area contributed by atoms with Gasteiger partial charge in [-0.15, -0.1) is 0 Å². The molecule has 2 aromatic rings. The number of rotatable bonds is 8. The Bertz CT molecular complexity index is 880. The maximum atomic E-state index is 11.7. The summed E-state index contributed by atoms with van der Waals surface area (Å²) in [5.41, 5.74) is 2.18. The minimum atomic E-state index is -0.211. The van der Waals surface area contributed by atoms with E-state index < -0.39 is 0 Å². The molecule has 0 bridgehead atoms. The van der Waals surface area contributed by atoms with Crippen LogP contribution in [0, 0.1) is 6.92 Å². The second-order valence-corrected chi connectivity index (χ2v) is 7.14. The number of carbonyl (C=O) groups excluding carboxylic acids is 2. The number of pyridine rings is 2. The molecule has 8 heteroatoms. The summed E-state index contributed by atoms with van der Waals surface area (Å²) >= 11 is 0. The normalized spacial score (nSPS) is 14.2. The maximum absolute atomic E-state index is 11.7. The predicted octanol–water partition coefficient (Wildman–Crippen LogP) is 2.15. The first kappa shape index (κ1) is 20.7. The van der Waals surface area contributed by atoms with Crippen molar-refractivity contribution < 1.29 is 14.3 Å². The van der Waals surface area contributed by atoms with Gasteiger partial charge < -0.3 is 15.4 Å². The Hall–Kier alpha value is -3.00. The molecule has 0 aromatic carbocycles. The molecule has 1 aliphatic heterocycles. The van der Waals surface area contributed by atoms with Crippen LogP contribution in [0.25, 0.3) is 0 Å². The molecular formula is C21H27N5O3. The van der Waals surface area contributed by atoms with E-state index in [0.29, 0.717) is 29.4 Å². The van der Waals surface area contributed by atoms with Gasteiger partial charge in [-0.1, -0.05) is 6.92 Å². The molecule has 3 rings (SSSR count). The molecule has 2 amide bonds. The molecule has 2 N–H and O–H groups in total. The van der Waals surface area contributed by atoms with Gasteiger partial charge in [-0.3, -0.25) is 14.5 Å². The SMILES string of the molecule is CCCC(=O)Nc1cc(CN2CC(Oc3ccc(C(=O)NC)nc3C)C2)ccn1. The molecule has 1 aliphatic rings. The van der Waals surface area contributed by atoms with Crippen molar-refractivity contribution in [2.24, 2.45) is 0 Å². The van der Waals surface area contributed by atoms with Gasteiger partial charge in [-0.05, 0) is 43.2 Å². The fourth-order valence-electron chi connectivity index (χ4n) is 3.16. The van der Waals surface area contributed by atoms with Gasteiger partial charge in [0.15, 0.2) is 0 Å². The van der Waals surface area contributed by atoms with Gasteiger partial charge in [0.1, 0.15) is 23.4 Å². The van der Waals surface area contributed by atoms with Crippen molar-refractivity contribution in [3.05, 3.63) is 47.4 Å². The van der Waals surface area contributed by atoms with Crippen molar-refractivity contribution in [3.63, 3.8) is 0 Å². The van der Waals surface area contributed by atoms with Gasteiger partial charge in [0, 0.05) is 39.3 Å². The van der Waals surface area contributed by atoms with E-state index in [-0.39, 0.29) is 17.9 Å². The number of carbonyl (C=O) groups is 2. The van der Waals surface area contributed by atoms with Crippen LogP contribution in [0.3, 0.4) is 0 Å². The van der Waals surface area contributed by atoms with Crippen molar-refractivity contribution in [2.75, 3.05) is 25.5 Å². The standard InChI is InChI=1S/C21H27N5O3/c1-4-5-20(27)25-19-10-15(8-9-23-19)11-26-12-16(13-26)29-18-7-6-17(21(28)22-3)24-14(18)2/h6-10,16H,4-5,11-13H2,1-3H3,(H,22,28)(H,23,25,27). The summed E-state index contributed by atoms with van der Waals surface area (Å²) in [7, 11) is 1.58. The first-order chi connectivity index (χ1) is 14.0. The zero-order valence-electron chi connectivity index (χ0n) is 17.1. The summed E-state index contributed by atoms with van der Waals surface area (Å²) in [5, 5.41) is 5.39. The molecule has 29 heavy (non-hydrogen) atoms. The minimum Gasteiger partial charge on any atom is -0.486 e. The van der Waals surface area contributed by atoms with Crippen LogP contribution in [-0.4, -0.2) is 52.9 Å². The molecular weight excluding hydrogens is 370 g/mol. The van der Waals surface area contributed by atoms with E-state index >= 15 is 0 Å². The van der Waals surface area contributed by atoms with E-state index in [2.05, 4.69) is 25.5 Å². The second-order valence-electron chi connectivity index (χ2n) is 7.14. The highest BCUT2D eigenvalue weighted by molar-refractivity contribution is 5.92. The molecule has 3 heterocycles. The summed E-state index contributed by atoms with van der Waals surface area (Å²) < 4.78 is 6.02. The van der Waals surface area contributed by atoms with E-state index in [9.17, 15) is 9.59 Å². The van der Waals surface area contributed by atoms with Gasteiger partial charge in [0.05, 0.1) is 5.69 Å². The Labute approximate surface area is 170 Å². The highest BCUT2D eigenvalue weighted by atomic mass is 16.5. The van der Waals surface area contributed by atoms with Crippen molar-refractivity contribution in [1.82, 2.24) is 20.2 Å². The van der Waals surface area contributed by atoms with Crippen LogP contribution in [0.1, 0.15) is 41.5 Å². The van der Waals surface area contributed by atoms with Gasteiger partial charge in [-0.25, -0.2) is 9.97 Å². The molecule has 0 spiro atoms. The lowest BCUT2D eigenvalue weighted by Crippen LogP contribution is -2.53. The Balaban J connectivity index is 1.49. The van der Waals surface area contributed by atoms with Gasteiger partial charge in [-0.2, -0.15) is 0 Å². The van der Waals surface area contributed by atoms with E-state index in [1.54, 1.807) is 25.4 Å². The number of hydrogen-bond donors (Lipinski definition) is 2. The third-order valence-electron chi connectivity index (χ3n) is 4.69. The largest absolute Gasteiger partial charge is 0.486 e. The van der Waals surface area contributed by atoms with Crippen LogP contribution < -0.4 is 15.4 Å². The van der Waals surface area contributed by atoms with E-state index in [4.69, 9.17) is 4.74 Å². The molecule has 2 aromatic heterocycles. The van der Waals surface area contributed by atoms with Crippen molar-refractivity contribution in [3.8, 4) is 5.75 Å². The molecule has 154 valence electrons. The average molecular weight is 397 g/mol. The minimum absolute atomic E-state index is 0.0130. The topological polar surface area (TPSA) is 96.5 Å². The summed E-state index contributed by atoms with van der Waals surface area (Å²) in [6.45, 7) is 6.18. The first-order valence-corrected chi connectivity index (χ1v) is 9.82. The van der Waals surface area contributed by atoms with Crippen molar-refractivity contribution in [1.29, 1.82) is 0 Å². The molecule has 0 radical (unpaired) electrons. The number of hydrogen-bond acceptors (Lipinski definition) is 6.